The molecular formula is C20H16FN3O3. The van der Waals surface area contributed by atoms with Crippen LogP contribution < -0.4 is 20.3 Å². The Morgan fingerprint density at radius 2 is 1.67 bits per heavy atom. The molecular weight excluding hydrogens is 349 g/mol. The molecule has 27 heavy (non-hydrogen) atoms. The topological polar surface area (TPSA) is 76.2 Å². The summed E-state index contributed by atoms with van der Waals surface area (Å²) in [6, 6.07) is 11.2. The van der Waals surface area contributed by atoms with Gasteiger partial charge in [0.15, 0.2) is 11.5 Å². The van der Waals surface area contributed by atoms with Crippen molar-refractivity contribution >= 4 is 33.2 Å². The van der Waals surface area contributed by atoms with Crippen LogP contribution in [0.1, 0.15) is 0 Å². The van der Waals surface area contributed by atoms with E-state index in [-0.39, 0.29) is 11.4 Å². The average molecular weight is 365 g/mol. The molecule has 0 amide bonds. The Labute approximate surface area is 153 Å². The highest BCUT2D eigenvalue weighted by Crippen LogP contribution is 2.36. The Balaban J connectivity index is 2.01. The van der Waals surface area contributed by atoms with Crippen molar-refractivity contribution < 1.29 is 13.9 Å². The SMILES string of the molecule is COc1cc2c(=O)[nH]c3nccc(Nc4ccc(F)cc4)c3c2cc1OC. The molecule has 4 aromatic rings. The Morgan fingerprint density at radius 3 is 2.33 bits per heavy atom. The van der Waals surface area contributed by atoms with Crippen molar-refractivity contribution in [1.82, 2.24) is 9.97 Å². The van der Waals surface area contributed by atoms with Crippen molar-refractivity contribution in [2.75, 3.05) is 19.5 Å². The average Bonchev–Trinajstić information content (AvgIpc) is 2.69. The summed E-state index contributed by atoms with van der Waals surface area (Å²) in [5.41, 5.74) is 1.60. The summed E-state index contributed by atoms with van der Waals surface area (Å²) in [7, 11) is 3.05. The molecule has 0 radical (unpaired) electrons. The number of pyridine rings is 2. The molecule has 0 atom stereocenters. The largest absolute Gasteiger partial charge is 0.493 e. The minimum Gasteiger partial charge on any atom is -0.493 e. The number of nitrogens with zero attached hydrogens (tertiary/aromatic N) is 1. The Bertz CT molecular complexity index is 1200. The zero-order valence-electron chi connectivity index (χ0n) is 14.7. The molecule has 4 rings (SSSR count). The first-order chi connectivity index (χ1) is 13.1. The van der Waals surface area contributed by atoms with Gasteiger partial charge < -0.3 is 19.8 Å². The highest BCUT2D eigenvalue weighted by Gasteiger charge is 2.15. The van der Waals surface area contributed by atoms with E-state index < -0.39 is 0 Å². The number of methoxy groups -OCH3 is 2. The molecule has 2 heterocycles. The van der Waals surface area contributed by atoms with Gasteiger partial charge in [0, 0.05) is 22.7 Å². The summed E-state index contributed by atoms with van der Waals surface area (Å²) in [5.74, 6) is 0.659. The summed E-state index contributed by atoms with van der Waals surface area (Å²) < 4.78 is 23.9. The van der Waals surface area contributed by atoms with Crippen molar-refractivity contribution in [3.05, 3.63) is 64.8 Å². The minimum atomic E-state index is -0.313. The summed E-state index contributed by atoms with van der Waals surface area (Å²) in [6.45, 7) is 0. The normalized spacial score (nSPS) is 10.9. The summed E-state index contributed by atoms with van der Waals surface area (Å²) in [4.78, 5) is 19.6. The van der Waals surface area contributed by atoms with Crippen molar-refractivity contribution in [1.29, 1.82) is 0 Å². The van der Waals surface area contributed by atoms with Crippen LogP contribution in [0.3, 0.4) is 0 Å². The fourth-order valence-corrected chi connectivity index (χ4v) is 3.07. The molecule has 0 saturated heterocycles. The monoisotopic (exact) mass is 365 g/mol. The molecule has 0 spiro atoms. The van der Waals surface area contributed by atoms with E-state index in [9.17, 15) is 9.18 Å². The van der Waals surface area contributed by atoms with Crippen LogP contribution in [0.5, 0.6) is 11.5 Å². The highest BCUT2D eigenvalue weighted by molar-refractivity contribution is 6.11. The fourth-order valence-electron chi connectivity index (χ4n) is 3.07. The van der Waals surface area contributed by atoms with Gasteiger partial charge >= 0.3 is 0 Å². The van der Waals surface area contributed by atoms with E-state index in [1.165, 1.54) is 26.4 Å². The van der Waals surface area contributed by atoms with Crippen LogP contribution in [-0.4, -0.2) is 24.2 Å². The number of aromatic nitrogens is 2. The van der Waals surface area contributed by atoms with Gasteiger partial charge in [-0.1, -0.05) is 0 Å². The lowest BCUT2D eigenvalue weighted by molar-refractivity contribution is 0.356. The maximum absolute atomic E-state index is 13.2. The molecule has 0 aliphatic rings. The molecule has 2 N–H and O–H groups in total. The number of fused-ring (bicyclic) bond motifs is 3. The van der Waals surface area contributed by atoms with E-state index in [1.54, 1.807) is 36.5 Å². The second-order valence-electron chi connectivity index (χ2n) is 5.92. The van der Waals surface area contributed by atoms with Gasteiger partial charge in [-0.3, -0.25) is 4.79 Å². The third-order valence-corrected chi connectivity index (χ3v) is 4.34. The quantitative estimate of drug-likeness (QED) is 0.535. The van der Waals surface area contributed by atoms with Gasteiger partial charge in [-0.05, 0) is 42.5 Å². The van der Waals surface area contributed by atoms with E-state index in [0.29, 0.717) is 33.6 Å². The predicted molar refractivity (Wildman–Crippen MR) is 103 cm³/mol. The number of anilines is 2. The van der Waals surface area contributed by atoms with Gasteiger partial charge in [-0.25, -0.2) is 9.37 Å². The molecule has 0 saturated carbocycles. The molecule has 0 unspecified atom stereocenters. The number of rotatable bonds is 4. The highest BCUT2D eigenvalue weighted by atomic mass is 19.1. The predicted octanol–water partition coefficient (Wildman–Crippen LogP) is 3.98. The van der Waals surface area contributed by atoms with Crippen LogP contribution in [0, 0.1) is 5.82 Å². The smallest absolute Gasteiger partial charge is 0.257 e. The van der Waals surface area contributed by atoms with Gasteiger partial charge in [-0.2, -0.15) is 0 Å². The van der Waals surface area contributed by atoms with E-state index in [1.807, 2.05) is 0 Å². The maximum Gasteiger partial charge on any atom is 0.257 e. The number of ether oxygens (including phenoxy) is 2. The fraction of sp³-hybridized carbons (Fsp3) is 0.100. The first-order valence-corrected chi connectivity index (χ1v) is 8.20. The zero-order valence-corrected chi connectivity index (χ0v) is 14.7. The van der Waals surface area contributed by atoms with Crippen LogP contribution in [0.2, 0.25) is 0 Å². The standard InChI is InChI=1S/C20H16FN3O3/c1-26-16-9-13-14(10-17(16)27-2)20(25)24-19-18(13)15(7-8-22-19)23-12-5-3-11(21)4-6-12/h3-10H,1-2H3,(H2,22,23,24,25). The molecule has 0 fully saturated rings. The Morgan fingerprint density at radius 1 is 1.00 bits per heavy atom. The van der Waals surface area contributed by atoms with Crippen molar-refractivity contribution in [2.45, 2.75) is 0 Å². The minimum absolute atomic E-state index is 0.273. The maximum atomic E-state index is 13.2. The van der Waals surface area contributed by atoms with Crippen LogP contribution in [-0.2, 0) is 0 Å². The zero-order chi connectivity index (χ0) is 19.0. The lowest BCUT2D eigenvalue weighted by Crippen LogP contribution is -2.09. The molecule has 2 aromatic heterocycles. The van der Waals surface area contributed by atoms with Crippen LogP contribution in [0.15, 0.2) is 53.5 Å². The van der Waals surface area contributed by atoms with E-state index in [4.69, 9.17) is 9.47 Å². The molecule has 0 aliphatic heterocycles. The number of aromatic amines is 1. The molecule has 7 heteroatoms. The van der Waals surface area contributed by atoms with Gasteiger partial charge in [0.1, 0.15) is 11.5 Å². The lowest BCUT2D eigenvalue weighted by atomic mass is 10.1. The molecule has 136 valence electrons. The number of nitrogens with one attached hydrogen (secondary N) is 2. The molecule has 0 bridgehead atoms. The summed E-state index contributed by atoms with van der Waals surface area (Å²) in [6.07, 6.45) is 1.59. The number of hydrogen-bond acceptors (Lipinski definition) is 5. The number of hydrogen-bond donors (Lipinski definition) is 2. The summed E-state index contributed by atoms with van der Waals surface area (Å²) in [5, 5.41) is 5.10. The van der Waals surface area contributed by atoms with Crippen molar-refractivity contribution in [2.24, 2.45) is 0 Å². The van der Waals surface area contributed by atoms with Crippen molar-refractivity contribution in [3.63, 3.8) is 0 Å². The van der Waals surface area contributed by atoms with Crippen molar-refractivity contribution in [3.8, 4) is 11.5 Å². The second kappa shape index (κ2) is 6.60. The van der Waals surface area contributed by atoms with Crippen LogP contribution >= 0.6 is 0 Å². The molecule has 6 nitrogen and oxygen atoms in total. The Kier molecular flexibility index (Phi) is 4.12. The van der Waals surface area contributed by atoms with Gasteiger partial charge in [0.2, 0.25) is 0 Å². The molecule has 0 aliphatic carbocycles. The molecule has 2 aromatic carbocycles. The second-order valence-corrected chi connectivity index (χ2v) is 5.92. The van der Waals surface area contributed by atoms with Crippen LogP contribution in [0.25, 0.3) is 21.8 Å². The van der Waals surface area contributed by atoms with Gasteiger partial charge in [-0.15, -0.1) is 0 Å². The number of benzene rings is 2. The first-order valence-electron chi connectivity index (χ1n) is 8.20. The van der Waals surface area contributed by atoms with E-state index in [0.717, 1.165) is 11.1 Å². The summed E-state index contributed by atoms with van der Waals surface area (Å²) >= 11 is 0. The Hall–Kier alpha value is -3.61. The van der Waals surface area contributed by atoms with Gasteiger partial charge in [0.05, 0.1) is 25.3 Å². The first kappa shape index (κ1) is 16.8. The van der Waals surface area contributed by atoms with Gasteiger partial charge in [0.25, 0.3) is 5.56 Å². The van der Waals surface area contributed by atoms with Crippen LogP contribution in [0.4, 0.5) is 15.8 Å². The third-order valence-electron chi connectivity index (χ3n) is 4.34. The lowest BCUT2D eigenvalue weighted by Gasteiger charge is -2.13. The number of H-pyrrole nitrogens is 1. The number of halogens is 1. The third kappa shape index (κ3) is 2.93. The van der Waals surface area contributed by atoms with E-state index >= 15 is 0 Å². The van der Waals surface area contributed by atoms with E-state index in [2.05, 4.69) is 15.3 Å².